The highest BCUT2D eigenvalue weighted by Gasteiger charge is 2.21. The Morgan fingerprint density at radius 3 is 2.79 bits per heavy atom. The Morgan fingerprint density at radius 2 is 2.21 bits per heavy atom. The van der Waals surface area contributed by atoms with E-state index in [2.05, 4.69) is 0 Å². The van der Waals surface area contributed by atoms with Crippen molar-refractivity contribution in [3.05, 3.63) is 29.8 Å². The van der Waals surface area contributed by atoms with Gasteiger partial charge in [0.05, 0.1) is 5.56 Å². The number of hydrogen-bond donors (Lipinski definition) is 2. The zero-order chi connectivity index (χ0) is 10.6. The normalized spacial score (nSPS) is 14.1. The molecule has 1 unspecified atom stereocenters. The maximum atomic E-state index is 9.44. The van der Waals surface area contributed by atoms with E-state index in [1.54, 1.807) is 31.2 Å². The molecule has 0 aliphatic rings. The van der Waals surface area contributed by atoms with Crippen molar-refractivity contribution in [2.24, 2.45) is 5.73 Å². The predicted molar refractivity (Wildman–Crippen MR) is 51.2 cm³/mol. The Hall–Kier alpha value is -1.57. The molecule has 0 saturated carbocycles. The van der Waals surface area contributed by atoms with E-state index in [4.69, 9.17) is 15.7 Å². The third-order valence-electron chi connectivity index (χ3n) is 1.80. The molecule has 0 bridgehead atoms. The summed E-state index contributed by atoms with van der Waals surface area (Å²) in [6, 6.07) is 8.56. The van der Waals surface area contributed by atoms with Crippen molar-refractivity contribution < 1.29 is 9.84 Å². The molecule has 1 atom stereocenters. The van der Waals surface area contributed by atoms with E-state index in [-0.39, 0.29) is 6.42 Å². The van der Waals surface area contributed by atoms with Gasteiger partial charge in [-0.25, -0.2) is 0 Å². The molecule has 1 aromatic carbocycles. The molecule has 3 N–H and O–H groups in total. The smallest absolute Gasteiger partial charge is 0.265 e. The first-order valence-corrected chi connectivity index (χ1v) is 4.28. The van der Waals surface area contributed by atoms with Crippen LogP contribution in [0.25, 0.3) is 0 Å². The third kappa shape index (κ3) is 2.46. The molecule has 0 aliphatic carbocycles. The quantitative estimate of drug-likeness (QED) is 0.699. The maximum Gasteiger partial charge on any atom is 0.265 e. The molecular formula is C10H12N2O2. The molecule has 4 nitrogen and oxygen atoms in total. The van der Waals surface area contributed by atoms with Crippen LogP contribution in [0.4, 0.5) is 0 Å². The summed E-state index contributed by atoms with van der Waals surface area (Å²) in [6.07, 6.45) is 0.243. The van der Waals surface area contributed by atoms with E-state index < -0.39 is 5.91 Å². The molecular weight excluding hydrogens is 180 g/mol. The van der Waals surface area contributed by atoms with Crippen LogP contribution in [-0.4, -0.2) is 11.0 Å². The third-order valence-corrected chi connectivity index (χ3v) is 1.80. The standard InChI is InChI=1S/C10H12N2O2/c1-2-10(12,13)14-9-6-4-3-5-8(9)7-11/h3-6,13H,2,12H2,1H3. The topological polar surface area (TPSA) is 79.3 Å². The Bertz CT molecular complexity index is 355. The summed E-state index contributed by atoms with van der Waals surface area (Å²) in [7, 11) is 0. The molecule has 4 heteroatoms. The first-order chi connectivity index (χ1) is 6.59. The van der Waals surface area contributed by atoms with Crippen molar-refractivity contribution in [3.63, 3.8) is 0 Å². The first-order valence-electron chi connectivity index (χ1n) is 4.28. The van der Waals surface area contributed by atoms with Gasteiger partial charge in [-0.15, -0.1) is 0 Å². The van der Waals surface area contributed by atoms with Crippen LogP contribution in [-0.2, 0) is 0 Å². The van der Waals surface area contributed by atoms with Crippen molar-refractivity contribution in [1.29, 1.82) is 5.26 Å². The van der Waals surface area contributed by atoms with Gasteiger partial charge in [0.2, 0.25) is 0 Å². The number of nitrogens with zero attached hydrogens (tertiary/aromatic N) is 1. The Balaban J connectivity index is 2.92. The molecule has 0 fully saturated rings. The first kappa shape index (κ1) is 10.5. The maximum absolute atomic E-state index is 9.44. The predicted octanol–water partition coefficient (Wildman–Crippen LogP) is 0.952. The van der Waals surface area contributed by atoms with Gasteiger partial charge in [-0.2, -0.15) is 5.26 Å². The minimum Gasteiger partial charge on any atom is -0.448 e. The molecule has 0 spiro atoms. The SMILES string of the molecule is CCC(N)(O)Oc1ccccc1C#N. The van der Waals surface area contributed by atoms with Crippen molar-refractivity contribution in [3.8, 4) is 11.8 Å². The summed E-state index contributed by atoms with van der Waals surface area (Å²) in [4.78, 5) is 0. The zero-order valence-electron chi connectivity index (χ0n) is 7.90. The molecule has 0 saturated heterocycles. The Kier molecular flexibility index (Phi) is 3.07. The van der Waals surface area contributed by atoms with Crippen molar-refractivity contribution in [2.75, 3.05) is 0 Å². The summed E-state index contributed by atoms with van der Waals surface area (Å²) in [5, 5.41) is 18.2. The minimum absolute atomic E-state index is 0.243. The lowest BCUT2D eigenvalue weighted by Crippen LogP contribution is -2.45. The highest BCUT2D eigenvalue weighted by molar-refractivity contribution is 5.42. The van der Waals surface area contributed by atoms with E-state index in [0.29, 0.717) is 11.3 Å². The highest BCUT2D eigenvalue weighted by Crippen LogP contribution is 2.20. The molecule has 0 radical (unpaired) electrons. The van der Waals surface area contributed by atoms with Crippen LogP contribution < -0.4 is 10.5 Å². The zero-order valence-corrected chi connectivity index (χ0v) is 7.90. The Labute approximate surface area is 82.5 Å². The van der Waals surface area contributed by atoms with Gasteiger partial charge in [0.15, 0.2) is 0 Å². The fourth-order valence-electron chi connectivity index (χ4n) is 0.911. The van der Waals surface area contributed by atoms with Crippen LogP contribution >= 0.6 is 0 Å². The molecule has 1 rings (SSSR count). The number of aliphatic hydroxyl groups is 1. The van der Waals surface area contributed by atoms with E-state index in [1.807, 2.05) is 6.07 Å². The van der Waals surface area contributed by atoms with Gasteiger partial charge < -0.3 is 9.84 Å². The molecule has 14 heavy (non-hydrogen) atoms. The van der Waals surface area contributed by atoms with Gasteiger partial charge in [-0.1, -0.05) is 19.1 Å². The largest absolute Gasteiger partial charge is 0.448 e. The lowest BCUT2D eigenvalue weighted by atomic mass is 10.2. The van der Waals surface area contributed by atoms with Gasteiger partial charge in [-0.3, -0.25) is 5.73 Å². The van der Waals surface area contributed by atoms with Crippen LogP contribution in [0.1, 0.15) is 18.9 Å². The van der Waals surface area contributed by atoms with E-state index in [1.165, 1.54) is 0 Å². The monoisotopic (exact) mass is 192 g/mol. The molecule has 0 heterocycles. The average Bonchev–Trinajstić information content (AvgIpc) is 2.18. The number of hydrogen-bond acceptors (Lipinski definition) is 4. The van der Waals surface area contributed by atoms with Crippen molar-refractivity contribution in [1.82, 2.24) is 0 Å². The lowest BCUT2D eigenvalue weighted by Gasteiger charge is -2.22. The highest BCUT2D eigenvalue weighted by atomic mass is 16.6. The average molecular weight is 192 g/mol. The molecule has 74 valence electrons. The van der Waals surface area contributed by atoms with Gasteiger partial charge in [-0.05, 0) is 12.1 Å². The minimum atomic E-state index is -1.72. The van der Waals surface area contributed by atoms with Gasteiger partial charge in [0.25, 0.3) is 5.91 Å². The van der Waals surface area contributed by atoms with E-state index >= 15 is 0 Å². The van der Waals surface area contributed by atoms with Crippen molar-refractivity contribution in [2.45, 2.75) is 19.3 Å². The summed E-state index contributed by atoms with van der Waals surface area (Å²) >= 11 is 0. The molecule has 1 aromatic rings. The van der Waals surface area contributed by atoms with Gasteiger partial charge in [0.1, 0.15) is 11.8 Å². The fourth-order valence-corrected chi connectivity index (χ4v) is 0.911. The summed E-state index contributed by atoms with van der Waals surface area (Å²) in [6.45, 7) is 1.69. The van der Waals surface area contributed by atoms with E-state index in [9.17, 15) is 5.11 Å². The second-order valence-corrected chi connectivity index (χ2v) is 2.91. The number of nitrogens with two attached hydrogens (primary N) is 1. The van der Waals surface area contributed by atoms with Crippen LogP contribution in [0, 0.1) is 11.3 Å². The number of ether oxygens (including phenoxy) is 1. The molecule has 0 amide bonds. The molecule has 0 aromatic heterocycles. The number of para-hydroxylation sites is 1. The second kappa shape index (κ2) is 4.09. The van der Waals surface area contributed by atoms with Crippen LogP contribution in [0.15, 0.2) is 24.3 Å². The van der Waals surface area contributed by atoms with Gasteiger partial charge >= 0.3 is 0 Å². The van der Waals surface area contributed by atoms with Crippen LogP contribution in [0.2, 0.25) is 0 Å². The number of benzene rings is 1. The number of nitriles is 1. The van der Waals surface area contributed by atoms with Gasteiger partial charge in [0, 0.05) is 6.42 Å². The molecule has 0 aliphatic heterocycles. The lowest BCUT2D eigenvalue weighted by molar-refractivity contribution is -0.134. The Morgan fingerprint density at radius 1 is 1.57 bits per heavy atom. The second-order valence-electron chi connectivity index (χ2n) is 2.91. The summed E-state index contributed by atoms with van der Waals surface area (Å²) < 4.78 is 5.08. The summed E-state index contributed by atoms with van der Waals surface area (Å²) in [5.41, 5.74) is 5.75. The summed E-state index contributed by atoms with van der Waals surface area (Å²) in [5.74, 6) is -1.42. The van der Waals surface area contributed by atoms with E-state index in [0.717, 1.165) is 0 Å². The van der Waals surface area contributed by atoms with Crippen LogP contribution in [0.5, 0.6) is 5.75 Å². The number of rotatable bonds is 3. The van der Waals surface area contributed by atoms with Crippen molar-refractivity contribution >= 4 is 0 Å². The van der Waals surface area contributed by atoms with Crippen LogP contribution in [0.3, 0.4) is 0 Å². The fraction of sp³-hybridized carbons (Fsp3) is 0.300.